The Kier molecular flexibility index (Phi) is 4.27. The lowest BCUT2D eigenvalue weighted by Gasteiger charge is -2.12. The number of nitrogens with one attached hydrogen (secondary N) is 1. The Morgan fingerprint density at radius 3 is 2.30 bits per heavy atom. The van der Waals surface area contributed by atoms with Gasteiger partial charge in [0.15, 0.2) is 0 Å². The van der Waals surface area contributed by atoms with E-state index in [1.165, 1.54) is 18.4 Å². The van der Waals surface area contributed by atoms with Gasteiger partial charge in [-0.15, -0.1) is 0 Å². The molecule has 0 saturated carbocycles. The maximum absolute atomic E-state index is 12.2. The molecule has 1 aromatic carbocycles. The average molecular weight is 295 g/mol. The normalized spacial score (nSPS) is 14.9. The Labute approximate surface area is 118 Å². The molecule has 2 rings (SSSR count). The zero-order chi connectivity index (χ0) is 14.8. The van der Waals surface area contributed by atoms with Crippen LogP contribution in [0.5, 0.6) is 0 Å². The molecule has 2 aromatic rings. The van der Waals surface area contributed by atoms with Gasteiger partial charge >= 0.3 is 0 Å². The average Bonchev–Trinajstić information content (AvgIpc) is 2.92. The maximum atomic E-state index is 12.2. The third-order valence-corrected chi connectivity index (χ3v) is 4.53. The molecule has 1 heterocycles. The quantitative estimate of drug-likeness (QED) is 0.887. The second kappa shape index (κ2) is 5.78. The monoisotopic (exact) mass is 295 g/mol. The summed E-state index contributed by atoms with van der Waals surface area (Å²) in [6.45, 7) is 3.33. The Morgan fingerprint density at radius 1 is 1.15 bits per heavy atom. The molecule has 20 heavy (non-hydrogen) atoms. The number of furan rings is 1. The fourth-order valence-corrected chi connectivity index (χ4v) is 3.03. The minimum Gasteiger partial charge on any atom is -0.468 e. The fourth-order valence-electron chi connectivity index (χ4n) is 1.82. The Bertz CT molecular complexity index is 645. The largest absolute Gasteiger partial charge is 0.468 e. The standard InChI is InChI=1S/C14H17NO4S/c1-10(14-4-3-9-19-14)15-20(17,18)13-7-5-12(6-8-13)11(2)16/h3-11,15-16H,1-2H3. The van der Waals surface area contributed by atoms with Gasteiger partial charge in [-0.1, -0.05) is 12.1 Å². The first kappa shape index (κ1) is 14.8. The zero-order valence-electron chi connectivity index (χ0n) is 11.3. The smallest absolute Gasteiger partial charge is 0.241 e. The van der Waals surface area contributed by atoms with E-state index in [2.05, 4.69) is 4.72 Å². The van der Waals surface area contributed by atoms with Crippen molar-refractivity contribution >= 4 is 10.0 Å². The summed E-state index contributed by atoms with van der Waals surface area (Å²) in [6, 6.07) is 9.10. The second-order valence-corrected chi connectivity index (χ2v) is 6.32. The molecule has 0 aliphatic heterocycles. The van der Waals surface area contributed by atoms with E-state index in [0.29, 0.717) is 11.3 Å². The highest BCUT2D eigenvalue weighted by molar-refractivity contribution is 7.89. The van der Waals surface area contributed by atoms with Crippen LogP contribution in [0.3, 0.4) is 0 Å². The van der Waals surface area contributed by atoms with Gasteiger partial charge in [-0.05, 0) is 43.7 Å². The summed E-state index contributed by atoms with van der Waals surface area (Å²) < 4.78 is 32.1. The summed E-state index contributed by atoms with van der Waals surface area (Å²) in [4.78, 5) is 0.153. The van der Waals surface area contributed by atoms with E-state index in [0.717, 1.165) is 0 Å². The third-order valence-electron chi connectivity index (χ3n) is 2.97. The van der Waals surface area contributed by atoms with Gasteiger partial charge < -0.3 is 9.52 Å². The van der Waals surface area contributed by atoms with E-state index in [-0.39, 0.29) is 4.90 Å². The van der Waals surface area contributed by atoms with E-state index < -0.39 is 22.2 Å². The predicted octanol–water partition coefficient (Wildman–Crippen LogP) is 2.37. The molecular weight excluding hydrogens is 278 g/mol. The van der Waals surface area contributed by atoms with Crippen molar-refractivity contribution in [2.45, 2.75) is 30.9 Å². The van der Waals surface area contributed by atoms with Crippen molar-refractivity contribution in [3.05, 3.63) is 54.0 Å². The molecule has 6 heteroatoms. The zero-order valence-corrected chi connectivity index (χ0v) is 12.1. The van der Waals surface area contributed by atoms with E-state index in [9.17, 15) is 13.5 Å². The summed E-state index contributed by atoms with van der Waals surface area (Å²) in [6.07, 6.45) is 0.874. The lowest BCUT2D eigenvalue weighted by Crippen LogP contribution is -2.26. The van der Waals surface area contributed by atoms with Crippen LogP contribution < -0.4 is 4.72 Å². The molecule has 2 atom stereocenters. The van der Waals surface area contributed by atoms with Crippen LogP contribution >= 0.6 is 0 Å². The summed E-state index contributed by atoms with van der Waals surface area (Å²) in [5.41, 5.74) is 0.669. The summed E-state index contributed by atoms with van der Waals surface area (Å²) in [7, 11) is -3.62. The van der Waals surface area contributed by atoms with E-state index in [4.69, 9.17) is 4.42 Å². The molecule has 0 spiro atoms. The minimum atomic E-state index is -3.62. The molecule has 108 valence electrons. The fraction of sp³-hybridized carbons (Fsp3) is 0.286. The summed E-state index contributed by atoms with van der Waals surface area (Å²) in [5, 5.41) is 9.41. The highest BCUT2D eigenvalue weighted by Gasteiger charge is 2.19. The van der Waals surface area contributed by atoms with Gasteiger partial charge in [0.1, 0.15) is 5.76 Å². The number of aliphatic hydroxyl groups excluding tert-OH is 1. The first-order valence-electron chi connectivity index (χ1n) is 6.24. The summed E-state index contributed by atoms with van der Waals surface area (Å²) >= 11 is 0. The van der Waals surface area contributed by atoms with Crippen LogP contribution in [0, 0.1) is 0 Å². The molecule has 1 aromatic heterocycles. The van der Waals surface area contributed by atoms with Crippen molar-refractivity contribution in [1.29, 1.82) is 0 Å². The van der Waals surface area contributed by atoms with Crippen LogP contribution in [0.2, 0.25) is 0 Å². The molecular formula is C14H17NO4S. The van der Waals surface area contributed by atoms with Crippen molar-refractivity contribution in [2.75, 3.05) is 0 Å². The highest BCUT2D eigenvalue weighted by Crippen LogP contribution is 2.19. The number of sulfonamides is 1. The lowest BCUT2D eigenvalue weighted by atomic mass is 10.1. The predicted molar refractivity (Wildman–Crippen MR) is 74.5 cm³/mol. The van der Waals surface area contributed by atoms with Crippen molar-refractivity contribution in [1.82, 2.24) is 4.72 Å². The van der Waals surface area contributed by atoms with Crippen molar-refractivity contribution < 1.29 is 17.9 Å². The van der Waals surface area contributed by atoms with Crippen molar-refractivity contribution in [2.24, 2.45) is 0 Å². The van der Waals surface area contributed by atoms with Gasteiger partial charge in [0.2, 0.25) is 10.0 Å². The van der Waals surface area contributed by atoms with Gasteiger partial charge in [-0.2, -0.15) is 0 Å². The van der Waals surface area contributed by atoms with Gasteiger partial charge in [0.05, 0.1) is 23.3 Å². The Morgan fingerprint density at radius 2 is 1.80 bits per heavy atom. The van der Waals surface area contributed by atoms with Gasteiger partial charge in [0, 0.05) is 0 Å². The first-order chi connectivity index (χ1) is 9.40. The third kappa shape index (κ3) is 3.27. The van der Waals surface area contributed by atoms with Gasteiger partial charge in [-0.25, -0.2) is 13.1 Å². The highest BCUT2D eigenvalue weighted by atomic mass is 32.2. The van der Waals surface area contributed by atoms with E-state index >= 15 is 0 Å². The van der Waals surface area contributed by atoms with Crippen LogP contribution in [0.25, 0.3) is 0 Å². The molecule has 0 bridgehead atoms. The molecule has 0 fully saturated rings. The van der Waals surface area contributed by atoms with Gasteiger partial charge in [0.25, 0.3) is 0 Å². The van der Waals surface area contributed by atoms with E-state index in [1.807, 2.05) is 0 Å². The van der Waals surface area contributed by atoms with Crippen LogP contribution in [0.1, 0.15) is 37.3 Å². The number of benzene rings is 1. The van der Waals surface area contributed by atoms with Crippen LogP contribution in [-0.2, 0) is 10.0 Å². The van der Waals surface area contributed by atoms with Crippen LogP contribution in [0.15, 0.2) is 52.0 Å². The topological polar surface area (TPSA) is 79.5 Å². The minimum absolute atomic E-state index is 0.153. The molecule has 2 N–H and O–H groups in total. The molecule has 5 nitrogen and oxygen atoms in total. The molecule has 0 aliphatic carbocycles. The molecule has 0 saturated heterocycles. The number of aliphatic hydroxyl groups is 1. The molecule has 0 aliphatic rings. The van der Waals surface area contributed by atoms with Crippen molar-refractivity contribution in [3.63, 3.8) is 0 Å². The van der Waals surface area contributed by atoms with Crippen LogP contribution in [0.4, 0.5) is 0 Å². The maximum Gasteiger partial charge on any atom is 0.241 e. The number of hydrogen-bond donors (Lipinski definition) is 2. The number of rotatable bonds is 5. The molecule has 2 unspecified atom stereocenters. The van der Waals surface area contributed by atoms with E-state index in [1.54, 1.807) is 38.1 Å². The molecule has 0 radical (unpaired) electrons. The Hall–Kier alpha value is -1.63. The molecule has 0 amide bonds. The Balaban J connectivity index is 2.18. The van der Waals surface area contributed by atoms with Crippen LogP contribution in [-0.4, -0.2) is 13.5 Å². The van der Waals surface area contributed by atoms with Gasteiger partial charge in [-0.3, -0.25) is 0 Å². The SMILES string of the molecule is CC(O)c1ccc(S(=O)(=O)NC(C)c2ccco2)cc1. The number of hydrogen-bond acceptors (Lipinski definition) is 4. The lowest BCUT2D eigenvalue weighted by molar-refractivity contribution is 0.199. The summed E-state index contributed by atoms with van der Waals surface area (Å²) in [5.74, 6) is 0.550. The second-order valence-electron chi connectivity index (χ2n) is 4.60. The van der Waals surface area contributed by atoms with Crippen molar-refractivity contribution in [3.8, 4) is 0 Å². The first-order valence-corrected chi connectivity index (χ1v) is 7.72.